The lowest BCUT2D eigenvalue weighted by Crippen LogP contribution is -2.08. The first kappa shape index (κ1) is 19.4. The number of ether oxygens (including phenoxy) is 1. The van der Waals surface area contributed by atoms with Gasteiger partial charge in [0.25, 0.3) is 0 Å². The Labute approximate surface area is 164 Å². The van der Waals surface area contributed by atoms with E-state index in [1.807, 2.05) is 0 Å². The van der Waals surface area contributed by atoms with E-state index in [-0.39, 0.29) is 5.75 Å². The summed E-state index contributed by atoms with van der Waals surface area (Å²) >= 11 is 3.56. The van der Waals surface area contributed by atoms with E-state index in [2.05, 4.69) is 53.2 Å². The number of fused-ring (bicyclic) bond motifs is 3. The molecule has 0 spiro atoms. The van der Waals surface area contributed by atoms with E-state index in [4.69, 9.17) is 4.74 Å². The van der Waals surface area contributed by atoms with Gasteiger partial charge in [-0.3, -0.25) is 0 Å². The van der Waals surface area contributed by atoms with Gasteiger partial charge in [-0.15, -0.1) is 0 Å². The summed E-state index contributed by atoms with van der Waals surface area (Å²) in [6.45, 7) is 2.56. The number of benzene rings is 2. The number of aryl methyl sites for hydroxylation is 3. The quantitative estimate of drug-likeness (QED) is 0.479. The van der Waals surface area contributed by atoms with E-state index in [9.17, 15) is 8.42 Å². The Balaban J connectivity index is 1.87. The molecule has 26 heavy (non-hydrogen) atoms. The first-order chi connectivity index (χ1) is 12.4. The zero-order chi connectivity index (χ0) is 18.7. The molecule has 0 saturated carbocycles. The molecule has 0 unspecified atom stereocenters. The van der Waals surface area contributed by atoms with Crippen LogP contribution in [0.25, 0.3) is 11.1 Å². The number of hydrogen-bond acceptors (Lipinski definition) is 3. The summed E-state index contributed by atoms with van der Waals surface area (Å²) in [7, 11) is -2.93. The molecule has 1 aliphatic carbocycles. The fourth-order valence-electron chi connectivity index (χ4n) is 3.63. The Morgan fingerprint density at radius 2 is 1.88 bits per heavy atom. The number of rotatable bonds is 6. The van der Waals surface area contributed by atoms with Crippen molar-refractivity contribution >= 4 is 25.8 Å². The maximum Gasteiger partial charge on any atom is 0.147 e. The summed E-state index contributed by atoms with van der Waals surface area (Å²) < 4.78 is 28.3. The Morgan fingerprint density at radius 3 is 2.62 bits per heavy atom. The second-order valence-corrected chi connectivity index (χ2v) is 9.91. The molecule has 140 valence electrons. The van der Waals surface area contributed by atoms with E-state index in [0.29, 0.717) is 13.0 Å². The summed E-state index contributed by atoms with van der Waals surface area (Å²) in [5.41, 5.74) is 7.93. The largest absolute Gasteiger partial charge is 0.494 e. The second kappa shape index (κ2) is 8.13. The third-order valence-corrected chi connectivity index (χ3v) is 6.49. The van der Waals surface area contributed by atoms with Crippen LogP contribution in [0.5, 0.6) is 5.75 Å². The molecule has 0 bridgehead atoms. The van der Waals surface area contributed by atoms with Gasteiger partial charge in [-0.05, 0) is 78.1 Å². The molecule has 3 nitrogen and oxygen atoms in total. The summed E-state index contributed by atoms with van der Waals surface area (Å²) in [5, 5.41) is 0.857. The van der Waals surface area contributed by atoms with Crippen molar-refractivity contribution in [3.05, 3.63) is 52.6 Å². The molecule has 0 fully saturated rings. The van der Waals surface area contributed by atoms with Crippen LogP contribution in [0.15, 0.2) is 30.3 Å². The van der Waals surface area contributed by atoms with Gasteiger partial charge in [-0.2, -0.15) is 0 Å². The van der Waals surface area contributed by atoms with Gasteiger partial charge in [0.1, 0.15) is 15.6 Å². The van der Waals surface area contributed by atoms with Gasteiger partial charge < -0.3 is 4.74 Å². The third-order valence-electron chi connectivity index (χ3n) is 4.81. The Kier molecular flexibility index (Phi) is 6.08. The molecular weight excluding hydrogens is 412 g/mol. The highest BCUT2D eigenvalue weighted by atomic mass is 79.9. The minimum absolute atomic E-state index is 0.166. The van der Waals surface area contributed by atoms with Crippen LogP contribution >= 0.6 is 15.9 Å². The number of alkyl halides is 1. The van der Waals surface area contributed by atoms with Crippen LogP contribution in [0.1, 0.15) is 35.1 Å². The highest BCUT2D eigenvalue weighted by Gasteiger charge is 2.18. The van der Waals surface area contributed by atoms with Crippen molar-refractivity contribution in [1.29, 1.82) is 0 Å². The summed E-state index contributed by atoms with van der Waals surface area (Å²) in [6, 6.07) is 11.0. The van der Waals surface area contributed by atoms with Crippen molar-refractivity contribution in [3.63, 3.8) is 0 Å². The normalized spacial score (nSPS) is 13.7. The van der Waals surface area contributed by atoms with E-state index >= 15 is 0 Å². The van der Waals surface area contributed by atoms with Crippen LogP contribution < -0.4 is 4.74 Å². The number of hydrogen-bond donors (Lipinski definition) is 0. The minimum Gasteiger partial charge on any atom is -0.494 e. The molecule has 0 aromatic heterocycles. The predicted molar refractivity (Wildman–Crippen MR) is 111 cm³/mol. The first-order valence-corrected chi connectivity index (χ1v) is 12.2. The molecule has 5 heteroatoms. The van der Waals surface area contributed by atoms with Crippen LogP contribution in [0.4, 0.5) is 0 Å². The molecular formula is C21H25BrO3S. The summed E-state index contributed by atoms with van der Waals surface area (Å²) in [6.07, 6.45) is 5.04. The smallest absolute Gasteiger partial charge is 0.147 e. The van der Waals surface area contributed by atoms with E-state index in [1.165, 1.54) is 39.6 Å². The lowest BCUT2D eigenvalue weighted by atomic mass is 9.91. The number of halogens is 1. The van der Waals surface area contributed by atoms with Crippen molar-refractivity contribution in [2.45, 2.75) is 37.9 Å². The van der Waals surface area contributed by atoms with Crippen LogP contribution in [0, 0.1) is 6.92 Å². The summed E-state index contributed by atoms with van der Waals surface area (Å²) in [5.74, 6) is 1.01. The molecule has 0 heterocycles. The first-order valence-electron chi connectivity index (χ1n) is 8.99. The molecule has 1 aliphatic rings. The topological polar surface area (TPSA) is 43.4 Å². The zero-order valence-corrected chi connectivity index (χ0v) is 17.7. The highest BCUT2D eigenvalue weighted by molar-refractivity contribution is 9.08. The maximum atomic E-state index is 11.2. The fraction of sp³-hybridized carbons (Fsp3) is 0.429. The van der Waals surface area contributed by atoms with Crippen molar-refractivity contribution in [1.82, 2.24) is 0 Å². The average Bonchev–Trinajstić information content (AvgIpc) is 2.76. The molecule has 3 rings (SSSR count). The van der Waals surface area contributed by atoms with Crippen LogP contribution in [-0.4, -0.2) is 27.0 Å². The van der Waals surface area contributed by atoms with Crippen molar-refractivity contribution < 1.29 is 13.2 Å². The maximum absolute atomic E-state index is 11.2. The van der Waals surface area contributed by atoms with Gasteiger partial charge in [0, 0.05) is 11.6 Å². The Hall–Kier alpha value is -1.33. The molecule has 0 aliphatic heterocycles. The van der Waals surface area contributed by atoms with Crippen LogP contribution in [0.2, 0.25) is 0 Å². The molecule has 0 amide bonds. The molecule has 2 aromatic carbocycles. The zero-order valence-electron chi connectivity index (χ0n) is 15.3. The molecule has 0 N–H and O–H groups in total. The van der Waals surface area contributed by atoms with Gasteiger partial charge >= 0.3 is 0 Å². The van der Waals surface area contributed by atoms with E-state index in [0.717, 1.165) is 30.3 Å². The summed E-state index contributed by atoms with van der Waals surface area (Å²) in [4.78, 5) is 0. The van der Waals surface area contributed by atoms with Gasteiger partial charge in [0.15, 0.2) is 0 Å². The van der Waals surface area contributed by atoms with Crippen molar-refractivity contribution in [3.8, 4) is 16.9 Å². The van der Waals surface area contributed by atoms with Crippen molar-refractivity contribution in [2.75, 3.05) is 18.6 Å². The van der Waals surface area contributed by atoms with Gasteiger partial charge in [0.05, 0.1) is 12.4 Å². The van der Waals surface area contributed by atoms with Crippen LogP contribution in [0.3, 0.4) is 0 Å². The van der Waals surface area contributed by atoms with E-state index < -0.39 is 9.84 Å². The van der Waals surface area contributed by atoms with E-state index in [1.54, 1.807) is 0 Å². The number of sulfone groups is 1. The molecule has 2 aromatic rings. The van der Waals surface area contributed by atoms with Gasteiger partial charge in [0.2, 0.25) is 0 Å². The SMILES string of the molecule is Cc1cc(OCCCS(C)(=O)=O)cc2c1-c1cc(CBr)ccc1CCC2. The molecule has 0 radical (unpaired) electrons. The van der Waals surface area contributed by atoms with Crippen molar-refractivity contribution in [2.24, 2.45) is 0 Å². The Morgan fingerprint density at radius 1 is 1.12 bits per heavy atom. The average molecular weight is 437 g/mol. The Bertz CT molecular complexity index is 904. The third kappa shape index (κ3) is 4.68. The van der Waals surface area contributed by atoms with Gasteiger partial charge in [-0.1, -0.05) is 34.1 Å². The lowest BCUT2D eigenvalue weighted by Gasteiger charge is -2.16. The second-order valence-electron chi connectivity index (χ2n) is 7.08. The lowest BCUT2D eigenvalue weighted by molar-refractivity contribution is 0.317. The monoisotopic (exact) mass is 436 g/mol. The molecule has 0 saturated heterocycles. The minimum atomic E-state index is -2.93. The van der Waals surface area contributed by atoms with Gasteiger partial charge in [-0.25, -0.2) is 8.42 Å². The highest BCUT2D eigenvalue weighted by Crippen LogP contribution is 2.38. The fourth-order valence-corrected chi connectivity index (χ4v) is 4.62. The standard InChI is InChI=1S/C21H25BrO3S/c1-15-11-19(25-9-4-10-26(2,23)24)13-18-6-3-5-17-8-7-16(14-22)12-20(17)21(15)18/h7-8,11-13H,3-6,9-10,14H2,1-2H3. The predicted octanol–water partition coefficient (Wildman–Crippen LogP) is 4.86. The molecule has 0 atom stereocenters. The van der Waals surface area contributed by atoms with Crippen LogP contribution in [-0.2, 0) is 28.0 Å².